The van der Waals surface area contributed by atoms with E-state index >= 15 is 0 Å². The molecule has 1 aliphatic heterocycles. The maximum atomic E-state index is 12.4. The average molecular weight is 359 g/mol. The molecular formula is C14H18INO2. The van der Waals surface area contributed by atoms with Crippen molar-refractivity contribution in [2.45, 2.75) is 25.9 Å². The van der Waals surface area contributed by atoms with E-state index in [1.165, 1.54) is 0 Å². The third-order valence-electron chi connectivity index (χ3n) is 3.19. The molecule has 1 fully saturated rings. The summed E-state index contributed by atoms with van der Waals surface area (Å²) in [6.45, 7) is 4.28. The van der Waals surface area contributed by atoms with Gasteiger partial charge >= 0.3 is 0 Å². The first-order valence-electron chi connectivity index (χ1n) is 6.37. The summed E-state index contributed by atoms with van der Waals surface area (Å²) in [6.07, 6.45) is 2.40. The SMILES string of the molecule is CCN(CC1CCCO1)C(=O)c1cccc(I)c1. The van der Waals surface area contributed by atoms with Crippen molar-refractivity contribution in [1.82, 2.24) is 4.90 Å². The van der Waals surface area contributed by atoms with Gasteiger partial charge in [0.05, 0.1) is 6.10 Å². The van der Waals surface area contributed by atoms with Crippen molar-refractivity contribution in [3.8, 4) is 0 Å². The number of hydrogen-bond donors (Lipinski definition) is 0. The fraction of sp³-hybridized carbons (Fsp3) is 0.500. The first-order valence-corrected chi connectivity index (χ1v) is 7.45. The zero-order valence-corrected chi connectivity index (χ0v) is 12.7. The van der Waals surface area contributed by atoms with Crippen LogP contribution in [0.2, 0.25) is 0 Å². The Labute approximate surface area is 122 Å². The van der Waals surface area contributed by atoms with Crippen LogP contribution in [0.3, 0.4) is 0 Å². The fourth-order valence-corrected chi connectivity index (χ4v) is 2.74. The van der Waals surface area contributed by atoms with Crippen molar-refractivity contribution in [2.75, 3.05) is 19.7 Å². The van der Waals surface area contributed by atoms with E-state index in [2.05, 4.69) is 22.6 Å². The molecular weight excluding hydrogens is 341 g/mol. The molecule has 3 nitrogen and oxygen atoms in total. The summed E-state index contributed by atoms with van der Waals surface area (Å²) < 4.78 is 6.69. The van der Waals surface area contributed by atoms with Gasteiger partial charge in [0.15, 0.2) is 0 Å². The minimum absolute atomic E-state index is 0.103. The smallest absolute Gasteiger partial charge is 0.253 e. The quantitative estimate of drug-likeness (QED) is 0.774. The Balaban J connectivity index is 2.04. The summed E-state index contributed by atoms with van der Waals surface area (Å²) in [5, 5.41) is 0. The van der Waals surface area contributed by atoms with E-state index in [1.54, 1.807) is 0 Å². The van der Waals surface area contributed by atoms with Gasteiger partial charge in [-0.15, -0.1) is 0 Å². The Kier molecular flexibility index (Phi) is 5.00. The lowest BCUT2D eigenvalue weighted by atomic mass is 10.1. The minimum atomic E-state index is 0.103. The second kappa shape index (κ2) is 6.52. The van der Waals surface area contributed by atoms with Crippen LogP contribution < -0.4 is 0 Å². The highest BCUT2D eigenvalue weighted by atomic mass is 127. The van der Waals surface area contributed by atoms with Crippen molar-refractivity contribution in [2.24, 2.45) is 0 Å². The Morgan fingerprint density at radius 2 is 2.39 bits per heavy atom. The normalized spacial score (nSPS) is 18.9. The van der Waals surface area contributed by atoms with Crippen LogP contribution in [-0.2, 0) is 4.74 Å². The fourth-order valence-electron chi connectivity index (χ4n) is 2.19. The topological polar surface area (TPSA) is 29.5 Å². The number of carbonyl (C=O) groups is 1. The largest absolute Gasteiger partial charge is 0.376 e. The van der Waals surface area contributed by atoms with E-state index in [-0.39, 0.29) is 12.0 Å². The van der Waals surface area contributed by atoms with Gasteiger partial charge in [-0.1, -0.05) is 6.07 Å². The van der Waals surface area contributed by atoms with Crippen LogP contribution >= 0.6 is 22.6 Å². The van der Waals surface area contributed by atoms with Gasteiger partial charge in [-0.2, -0.15) is 0 Å². The number of rotatable bonds is 4. The summed E-state index contributed by atoms with van der Waals surface area (Å²) in [6, 6.07) is 7.73. The van der Waals surface area contributed by atoms with Crippen molar-refractivity contribution >= 4 is 28.5 Å². The first kappa shape index (κ1) is 13.8. The molecule has 18 heavy (non-hydrogen) atoms. The number of hydrogen-bond acceptors (Lipinski definition) is 2. The maximum absolute atomic E-state index is 12.4. The van der Waals surface area contributed by atoms with Crippen LogP contribution in [0.5, 0.6) is 0 Å². The molecule has 1 saturated heterocycles. The van der Waals surface area contributed by atoms with Crippen molar-refractivity contribution < 1.29 is 9.53 Å². The van der Waals surface area contributed by atoms with E-state index in [1.807, 2.05) is 36.1 Å². The number of likely N-dealkylation sites (N-methyl/N-ethyl adjacent to an activating group) is 1. The van der Waals surface area contributed by atoms with E-state index in [0.717, 1.165) is 35.1 Å². The van der Waals surface area contributed by atoms with Gasteiger partial charge in [0.25, 0.3) is 5.91 Å². The van der Waals surface area contributed by atoms with Crippen LogP contribution in [0, 0.1) is 3.57 Å². The second-order valence-electron chi connectivity index (χ2n) is 4.49. The predicted octanol–water partition coefficient (Wildman–Crippen LogP) is 2.93. The number of amides is 1. The summed E-state index contributed by atoms with van der Waals surface area (Å²) >= 11 is 2.23. The number of ether oxygens (including phenoxy) is 1. The zero-order chi connectivity index (χ0) is 13.0. The lowest BCUT2D eigenvalue weighted by molar-refractivity contribution is 0.0539. The molecule has 98 valence electrons. The Morgan fingerprint density at radius 3 is 3.00 bits per heavy atom. The van der Waals surface area contributed by atoms with Crippen molar-refractivity contribution in [3.63, 3.8) is 0 Å². The number of benzene rings is 1. The minimum Gasteiger partial charge on any atom is -0.376 e. The Hall–Kier alpha value is -0.620. The van der Waals surface area contributed by atoms with Gasteiger partial charge in [0.1, 0.15) is 0 Å². The predicted molar refractivity (Wildman–Crippen MR) is 79.7 cm³/mol. The molecule has 1 atom stereocenters. The molecule has 1 unspecified atom stereocenters. The van der Waals surface area contributed by atoms with Crippen molar-refractivity contribution in [3.05, 3.63) is 33.4 Å². The van der Waals surface area contributed by atoms with Crippen LogP contribution in [0.1, 0.15) is 30.1 Å². The molecule has 0 aliphatic carbocycles. The van der Waals surface area contributed by atoms with Crippen LogP contribution in [0.15, 0.2) is 24.3 Å². The molecule has 1 aromatic rings. The van der Waals surface area contributed by atoms with Crippen LogP contribution in [-0.4, -0.2) is 36.6 Å². The number of nitrogens with zero attached hydrogens (tertiary/aromatic N) is 1. The highest BCUT2D eigenvalue weighted by Crippen LogP contribution is 2.16. The van der Waals surface area contributed by atoms with Gasteiger partial charge in [0, 0.05) is 28.8 Å². The molecule has 1 amide bonds. The molecule has 4 heteroatoms. The molecule has 1 aromatic carbocycles. The van der Waals surface area contributed by atoms with Gasteiger partial charge < -0.3 is 9.64 Å². The van der Waals surface area contributed by atoms with E-state index in [0.29, 0.717) is 6.54 Å². The summed E-state index contributed by atoms with van der Waals surface area (Å²) in [4.78, 5) is 14.3. The van der Waals surface area contributed by atoms with Gasteiger partial charge in [-0.3, -0.25) is 4.79 Å². The molecule has 0 N–H and O–H groups in total. The highest BCUT2D eigenvalue weighted by Gasteiger charge is 2.22. The molecule has 1 aliphatic rings. The summed E-state index contributed by atoms with van der Waals surface area (Å²) in [5.41, 5.74) is 0.766. The van der Waals surface area contributed by atoms with Crippen LogP contribution in [0.4, 0.5) is 0 Å². The maximum Gasteiger partial charge on any atom is 0.253 e. The van der Waals surface area contributed by atoms with Crippen molar-refractivity contribution in [1.29, 1.82) is 0 Å². The van der Waals surface area contributed by atoms with Gasteiger partial charge in [0.2, 0.25) is 0 Å². The summed E-state index contributed by atoms with van der Waals surface area (Å²) in [7, 11) is 0. The standard InChI is InChI=1S/C14H18INO2/c1-2-16(10-13-7-4-8-18-13)14(17)11-5-3-6-12(15)9-11/h3,5-6,9,13H,2,4,7-8,10H2,1H3. The monoisotopic (exact) mass is 359 g/mol. The highest BCUT2D eigenvalue weighted by molar-refractivity contribution is 14.1. The molecule has 0 aromatic heterocycles. The van der Waals surface area contributed by atoms with E-state index in [4.69, 9.17) is 4.74 Å². The van der Waals surface area contributed by atoms with E-state index in [9.17, 15) is 4.79 Å². The molecule has 2 rings (SSSR count). The molecule has 0 radical (unpaired) electrons. The molecule has 0 saturated carbocycles. The van der Waals surface area contributed by atoms with Crippen LogP contribution in [0.25, 0.3) is 0 Å². The number of carbonyl (C=O) groups excluding carboxylic acids is 1. The summed E-state index contributed by atoms with van der Waals surface area (Å²) in [5.74, 6) is 0.103. The molecule has 1 heterocycles. The Morgan fingerprint density at radius 1 is 1.56 bits per heavy atom. The van der Waals surface area contributed by atoms with E-state index < -0.39 is 0 Å². The average Bonchev–Trinajstić information content (AvgIpc) is 2.88. The first-order chi connectivity index (χ1) is 8.70. The van der Waals surface area contributed by atoms with Gasteiger partial charge in [-0.05, 0) is 60.6 Å². The number of halogens is 1. The third kappa shape index (κ3) is 3.45. The Bertz CT molecular complexity index is 416. The second-order valence-corrected chi connectivity index (χ2v) is 5.73. The third-order valence-corrected chi connectivity index (χ3v) is 3.86. The lowest BCUT2D eigenvalue weighted by Crippen LogP contribution is -2.37. The molecule has 0 spiro atoms. The lowest BCUT2D eigenvalue weighted by Gasteiger charge is -2.24. The zero-order valence-electron chi connectivity index (χ0n) is 10.6. The molecule has 0 bridgehead atoms. The van der Waals surface area contributed by atoms with Gasteiger partial charge in [-0.25, -0.2) is 0 Å².